The summed E-state index contributed by atoms with van der Waals surface area (Å²) in [5.41, 5.74) is -0.328. The Kier molecular flexibility index (Phi) is 6.70. The van der Waals surface area contributed by atoms with Crippen LogP contribution >= 0.6 is 0 Å². The summed E-state index contributed by atoms with van der Waals surface area (Å²) in [4.78, 5) is 0. The molecule has 1 rings (SSSR count). The highest BCUT2D eigenvalue weighted by Crippen LogP contribution is 2.38. The lowest BCUT2D eigenvalue weighted by Crippen LogP contribution is -2.60. The average molecular weight is 330 g/mol. The van der Waals surface area contributed by atoms with Gasteiger partial charge in [-0.1, -0.05) is 20.8 Å². The van der Waals surface area contributed by atoms with E-state index in [2.05, 4.69) is 62.3 Å². The third-order valence-electron chi connectivity index (χ3n) is 4.42. The van der Waals surface area contributed by atoms with E-state index in [9.17, 15) is 5.21 Å². The first-order valence-electron chi connectivity index (χ1n) is 8.99. The molecule has 4 nitrogen and oxygen atoms in total. The van der Waals surface area contributed by atoms with Crippen molar-refractivity contribution in [2.24, 2.45) is 5.41 Å². The quantitative estimate of drug-likeness (QED) is 0.770. The van der Waals surface area contributed by atoms with Gasteiger partial charge in [0.25, 0.3) is 0 Å². The summed E-state index contributed by atoms with van der Waals surface area (Å²) in [6, 6.07) is 0. The number of hydroxylamine groups is 2. The molecule has 0 amide bonds. The van der Waals surface area contributed by atoms with Crippen LogP contribution in [0, 0.1) is 5.41 Å². The van der Waals surface area contributed by atoms with E-state index in [1.807, 2.05) is 0 Å². The fourth-order valence-corrected chi connectivity index (χ4v) is 3.75. The van der Waals surface area contributed by atoms with Gasteiger partial charge < -0.3 is 14.7 Å². The minimum Gasteiger partial charge on any atom is -0.375 e. The maximum Gasteiger partial charge on any atom is 0.0817 e. The number of hydrogen-bond acceptors (Lipinski definition) is 4. The van der Waals surface area contributed by atoms with E-state index >= 15 is 0 Å². The van der Waals surface area contributed by atoms with E-state index in [0.717, 1.165) is 19.3 Å². The molecule has 1 heterocycles. The topological polar surface area (TPSA) is 41.9 Å². The Balaban J connectivity index is 2.66. The van der Waals surface area contributed by atoms with Crippen LogP contribution in [0.25, 0.3) is 0 Å². The second-order valence-corrected chi connectivity index (χ2v) is 9.87. The molecule has 0 aliphatic carbocycles. The molecule has 1 atom stereocenters. The lowest BCUT2D eigenvalue weighted by atomic mass is 9.80. The maximum atomic E-state index is 10.4. The van der Waals surface area contributed by atoms with Crippen LogP contribution < -0.4 is 0 Å². The SMILES string of the molecule is CC(C)OC(COC1CC(C)(C)N(O)C(C)(C)C1)CC(C)(C)C. The molecule has 0 aromatic carbocycles. The smallest absolute Gasteiger partial charge is 0.0817 e. The summed E-state index contributed by atoms with van der Waals surface area (Å²) in [7, 11) is 0. The molecular weight excluding hydrogens is 290 g/mol. The van der Waals surface area contributed by atoms with Gasteiger partial charge in [0.15, 0.2) is 0 Å². The van der Waals surface area contributed by atoms with Crippen molar-refractivity contribution in [2.45, 2.75) is 111 Å². The van der Waals surface area contributed by atoms with Crippen molar-refractivity contribution < 1.29 is 14.7 Å². The molecule has 1 aliphatic heterocycles. The van der Waals surface area contributed by atoms with Crippen molar-refractivity contribution in [3.63, 3.8) is 0 Å². The Labute approximate surface area is 143 Å². The molecule has 1 N–H and O–H groups in total. The molecule has 0 aromatic heterocycles. The van der Waals surface area contributed by atoms with Crippen LogP contribution in [-0.2, 0) is 9.47 Å². The zero-order valence-corrected chi connectivity index (χ0v) is 16.8. The summed E-state index contributed by atoms with van der Waals surface area (Å²) in [5.74, 6) is 0. The molecule has 0 saturated carbocycles. The number of rotatable bonds is 6. The Morgan fingerprint density at radius 3 is 1.96 bits per heavy atom. The predicted molar refractivity (Wildman–Crippen MR) is 94.8 cm³/mol. The fraction of sp³-hybridized carbons (Fsp3) is 1.00. The summed E-state index contributed by atoms with van der Waals surface area (Å²) < 4.78 is 12.3. The number of nitrogens with zero attached hydrogens (tertiary/aromatic N) is 1. The van der Waals surface area contributed by atoms with Gasteiger partial charge >= 0.3 is 0 Å². The lowest BCUT2D eigenvalue weighted by Gasteiger charge is -2.51. The van der Waals surface area contributed by atoms with Crippen molar-refractivity contribution in [3.05, 3.63) is 0 Å². The van der Waals surface area contributed by atoms with Gasteiger partial charge in [-0.15, -0.1) is 0 Å². The van der Waals surface area contributed by atoms with Crippen molar-refractivity contribution in [1.82, 2.24) is 5.06 Å². The highest BCUT2D eigenvalue weighted by molar-refractivity contribution is 4.96. The third-order valence-corrected chi connectivity index (χ3v) is 4.42. The highest BCUT2D eigenvalue weighted by atomic mass is 16.5. The van der Waals surface area contributed by atoms with E-state index in [1.54, 1.807) is 0 Å². The van der Waals surface area contributed by atoms with E-state index in [4.69, 9.17) is 9.47 Å². The molecule has 0 bridgehead atoms. The molecule has 0 spiro atoms. The Bertz CT molecular complexity index is 353. The molecule has 1 saturated heterocycles. The van der Waals surface area contributed by atoms with Gasteiger partial charge in [0.05, 0.1) is 24.9 Å². The average Bonchev–Trinajstić information content (AvgIpc) is 2.29. The first-order valence-corrected chi connectivity index (χ1v) is 8.99. The molecular formula is C19H39NO3. The first kappa shape index (κ1) is 20.9. The fourth-order valence-electron chi connectivity index (χ4n) is 3.75. The van der Waals surface area contributed by atoms with Crippen molar-refractivity contribution in [2.75, 3.05) is 6.61 Å². The number of hydrogen-bond donors (Lipinski definition) is 1. The standard InChI is InChI=1S/C19H39NO3/c1-14(2)23-16(10-17(3,4)5)13-22-15-11-18(6,7)20(21)19(8,9)12-15/h14-16,21H,10-13H2,1-9H3. The molecule has 0 radical (unpaired) electrons. The predicted octanol–water partition coefficient (Wildman–Crippen LogP) is 4.64. The zero-order valence-electron chi connectivity index (χ0n) is 16.8. The van der Waals surface area contributed by atoms with Crippen molar-refractivity contribution >= 4 is 0 Å². The van der Waals surface area contributed by atoms with Gasteiger partial charge in [-0.25, -0.2) is 0 Å². The van der Waals surface area contributed by atoms with Crippen LogP contribution in [0.2, 0.25) is 0 Å². The third kappa shape index (κ3) is 6.69. The largest absolute Gasteiger partial charge is 0.375 e. The molecule has 1 fully saturated rings. The van der Waals surface area contributed by atoms with Crippen LogP contribution in [0.5, 0.6) is 0 Å². The van der Waals surface area contributed by atoms with Gasteiger partial charge in [0.2, 0.25) is 0 Å². The summed E-state index contributed by atoms with van der Waals surface area (Å²) in [6.45, 7) is 19.8. The van der Waals surface area contributed by atoms with E-state index in [-0.39, 0.29) is 34.8 Å². The maximum absolute atomic E-state index is 10.4. The summed E-state index contributed by atoms with van der Waals surface area (Å²) >= 11 is 0. The minimum absolute atomic E-state index is 0.119. The zero-order chi connectivity index (χ0) is 18.1. The summed E-state index contributed by atoms with van der Waals surface area (Å²) in [5, 5.41) is 11.9. The normalized spacial score (nSPS) is 24.1. The monoisotopic (exact) mass is 329 g/mol. The van der Waals surface area contributed by atoms with E-state index < -0.39 is 0 Å². The van der Waals surface area contributed by atoms with Gasteiger partial charge in [-0.3, -0.25) is 0 Å². The Morgan fingerprint density at radius 2 is 1.57 bits per heavy atom. The molecule has 1 aliphatic rings. The Hall–Kier alpha value is -0.160. The van der Waals surface area contributed by atoms with Gasteiger partial charge in [0, 0.05) is 11.1 Å². The molecule has 138 valence electrons. The van der Waals surface area contributed by atoms with Crippen LogP contribution in [0.15, 0.2) is 0 Å². The van der Waals surface area contributed by atoms with Crippen molar-refractivity contribution in [3.8, 4) is 0 Å². The number of ether oxygens (including phenoxy) is 2. The van der Waals surface area contributed by atoms with Crippen LogP contribution in [0.1, 0.15) is 81.6 Å². The van der Waals surface area contributed by atoms with E-state index in [0.29, 0.717) is 6.61 Å². The molecule has 0 aromatic rings. The first-order chi connectivity index (χ1) is 10.2. The van der Waals surface area contributed by atoms with Crippen molar-refractivity contribution in [1.29, 1.82) is 0 Å². The Morgan fingerprint density at radius 1 is 1.09 bits per heavy atom. The highest BCUT2D eigenvalue weighted by Gasteiger charge is 2.45. The second kappa shape index (κ2) is 7.38. The van der Waals surface area contributed by atoms with Crippen LogP contribution in [0.4, 0.5) is 0 Å². The van der Waals surface area contributed by atoms with Gasteiger partial charge in [-0.2, -0.15) is 5.06 Å². The summed E-state index contributed by atoms with van der Waals surface area (Å²) in [6.07, 6.45) is 3.12. The van der Waals surface area contributed by atoms with Gasteiger partial charge in [-0.05, 0) is 66.2 Å². The number of piperidine rings is 1. The lowest BCUT2D eigenvalue weighted by molar-refractivity contribution is -0.263. The van der Waals surface area contributed by atoms with E-state index in [1.165, 1.54) is 5.06 Å². The molecule has 23 heavy (non-hydrogen) atoms. The molecule has 4 heteroatoms. The van der Waals surface area contributed by atoms with Crippen LogP contribution in [-0.4, -0.2) is 46.3 Å². The van der Waals surface area contributed by atoms with Gasteiger partial charge in [0.1, 0.15) is 0 Å². The second-order valence-electron chi connectivity index (χ2n) is 9.87. The minimum atomic E-state index is -0.273. The molecule has 1 unspecified atom stereocenters. The van der Waals surface area contributed by atoms with Crippen LogP contribution in [0.3, 0.4) is 0 Å².